The molecule has 0 heterocycles. The molecule has 0 saturated heterocycles. The zero-order valence-corrected chi connectivity index (χ0v) is 13.8. The van der Waals surface area contributed by atoms with E-state index in [2.05, 4.69) is 6.92 Å². The Morgan fingerprint density at radius 1 is 1.32 bits per heavy atom. The minimum absolute atomic E-state index is 0.0181. The van der Waals surface area contributed by atoms with Crippen LogP contribution < -0.4 is 0 Å². The largest absolute Gasteiger partial charge is 0.468 e. The van der Waals surface area contributed by atoms with Gasteiger partial charge in [0.15, 0.2) is 5.78 Å². The summed E-state index contributed by atoms with van der Waals surface area (Å²) in [6, 6.07) is 7.69. The summed E-state index contributed by atoms with van der Waals surface area (Å²) < 4.78 is 4.92. The highest BCUT2D eigenvalue weighted by Gasteiger charge is 2.65. The van der Waals surface area contributed by atoms with Gasteiger partial charge in [0.1, 0.15) is 5.41 Å². The highest BCUT2D eigenvalue weighted by molar-refractivity contribution is 6.30. The molecule has 3 rings (SSSR count). The Bertz CT molecular complexity index is 696. The molecule has 0 spiro atoms. The van der Waals surface area contributed by atoms with E-state index in [1.165, 1.54) is 12.7 Å². The minimum Gasteiger partial charge on any atom is -0.468 e. The minimum atomic E-state index is -0.974. The van der Waals surface area contributed by atoms with E-state index in [-0.39, 0.29) is 11.2 Å². The number of hydrogen-bond donors (Lipinski definition) is 0. The van der Waals surface area contributed by atoms with Crippen LogP contribution in [0.5, 0.6) is 0 Å². The Morgan fingerprint density at radius 3 is 2.68 bits per heavy atom. The third-order valence-electron chi connectivity index (χ3n) is 5.27. The van der Waals surface area contributed by atoms with Crippen LogP contribution in [0.25, 0.3) is 5.57 Å². The van der Waals surface area contributed by atoms with Gasteiger partial charge in [-0.1, -0.05) is 36.2 Å². The van der Waals surface area contributed by atoms with Crippen LogP contribution in [0, 0.1) is 10.8 Å². The van der Waals surface area contributed by atoms with Crippen LogP contribution in [0.4, 0.5) is 0 Å². The van der Waals surface area contributed by atoms with Crippen molar-refractivity contribution >= 4 is 28.9 Å². The molecule has 116 valence electrons. The zero-order chi connectivity index (χ0) is 16.1. The number of hydrogen-bond acceptors (Lipinski definition) is 3. The molecule has 0 aliphatic heterocycles. The summed E-state index contributed by atoms with van der Waals surface area (Å²) >= 11 is 6.08. The van der Waals surface area contributed by atoms with Gasteiger partial charge in [-0.05, 0) is 48.4 Å². The lowest BCUT2D eigenvalue weighted by molar-refractivity contribution is -0.156. The van der Waals surface area contributed by atoms with Crippen molar-refractivity contribution in [2.45, 2.75) is 33.1 Å². The fourth-order valence-electron chi connectivity index (χ4n) is 4.18. The standard InChI is InChI=1S/C18H19ClO3/c1-11(12-5-4-6-13(19)7-12)14-8-18(16(21)22-3)10-17(14,2)9-15(18)20/h4-7H,8-10H2,1-3H3/b14-11-/t17-,18+/m1/s1. The van der Waals surface area contributed by atoms with Gasteiger partial charge in [0.2, 0.25) is 0 Å². The molecule has 2 aliphatic carbocycles. The number of rotatable bonds is 2. The van der Waals surface area contributed by atoms with E-state index in [1.54, 1.807) is 0 Å². The second-order valence-electron chi connectivity index (χ2n) is 6.70. The summed E-state index contributed by atoms with van der Waals surface area (Å²) in [5, 5.41) is 0.685. The summed E-state index contributed by atoms with van der Waals surface area (Å²) in [7, 11) is 1.35. The van der Waals surface area contributed by atoms with E-state index in [1.807, 2.05) is 31.2 Å². The van der Waals surface area contributed by atoms with Gasteiger partial charge >= 0.3 is 5.97 Å². The highest BCUT2D eigenvalue weighted by atomic mass is 35.5. The molecule has 4 heteroatoms. The van der Waals surface area contributed by atoms with Crippen molar-refractivity contribution in [3.63, 3.8) is 0 Å². The first-order chi connectivity index (χ1) is 10.3. The fraction of sp³-hybridized carbons (Fsp3) is 0.444. The number of halogens is 1. The third kappa shape index (κ3) is 2.03. The van der Waals surface area contributed by atoms with Gasteiger partial charge in [-0.2, -0.15) is 0 Å². The molecule has 0 radical (unpaired) electrons. The van der Waals surface area contributed by atoms with Crippen LogP contribution in [-0.2, 0) is 14.3 Å². The van der Waals surface area contributed by atoms with Gasteiger partial charge in [-0.15, -0.1) is 0 Å². The number of ketones is 1. The number of benzene rings is 1. The fourth-order valence-corrected chi connectivity index (χ4v) is 4.37. The summed E-state index contributed by atoms with van der Waals surface area (Å²) in [4.78, 5) is 24.6. The van der Waals surface area contributed by atoms with E-state index in [4.69, 9.17) is 16.3 Å². The predicted molar refractivity (Wildman–Crippen MR) is 85.5 cm³/mol. The van der Waals surface area contributed by atoms with Crippen molar-refractivity contribution in [2.75, 3.05) is 7.11 Å². The molecule has 0 unspecified atom stereocenters. The topological polar surface area (TPSA) is 43.4 Å². The zero-order valence-electron chi connectivity index (χ0n) is 13.0. The number of carbonyl (C=O) groups is 2. The normalized spacial score (nSPS) is 32.3. The first-order valence-corrected chi connectivity index (χ1v) is 7.78. The summed E-state index contributed by atoms with van der Waals surface area (Å²) in [6.45, 7) is 4.12. The SMILES string of the molecule is COC(=O)[C@]12C/C(=C(\C)c3cccc(Cl)c3)[C@](C)(CC1=O)C2. The average molecular weight is 319 g/mol. The first-order valence-electron chi connectivity index (χ1n) is 7.40. The van der Waals surface area contributed by atoms with Crippen molar-refractivity contribution in [3.8, 4) is 0 Å². The Labute approximate surface area is 135 Å². The molecule has 2 fully saturated rings. The van der Waals surface area contributed by atoms with Crippen LogP contribution in [0.15, 0.2) is 29.8 Å². The molecular formula is C18H19ClO3. The van der Waals surface area contributed by atoms with Crippen LogP contribution in [0.1, 0.15) is 38.7 Å². The Balaban J connectivity index is 2.09. The van der Waals surface area contributed by atoms with Gasteiger partial charge in [0, 0.05) is 11.4 Å². The molecule has 3 nitrogen and oxygen atoms in total. The summed E-state index contributed by atoms with van der Waals surface area (Å²) in [5.41, 5.74) is 2.11. The van der Waals surface area contributed by atoms with Crippen molar-refractivity contribution in [1.82, 2.24) is 0 Å². The van der Waals surface area contributed by atoms with E-state index in [9.17, 15) is 9.59 Å². The second kappa shape index (κ2) is 4.95. The second-order valence-corrected chi connectivity index (χ2v) is 7.14. The van der Waals surface area contributed by atoms with Crippen LogP contribution in [0.2, 0.25) is 5.02 Å². The van der Waals surface area contributed by atoms with E-state index in [0.29, 0.717) is 24.3 Å². The smallest absolute Gasteiger partial charge is 0.319 e. The number of fused-ring (bicyclic) bond motifs is 2. The van der Waals surface area contributed by atoms with E-state index >= 15 is 0 Å². The van der Waals surface area contributed by atoms with Crippen LogP contribution >= 0.6 is 11.6 Å². The molecule has 2 saturated carbocycles. The molecule has 0 N–H and O–H groups in total. The Morgan fingerprint density at radius 2 is 2.05 bits per heavy atom. The number of Topliss-reactive ketones (excluding diaryl/α,β-unsaturated/α-hetero) is 1. The third-order valence-corrected chi connectivity index (χ3v) is 5.51. The van der Waals surface area contributed by atoms with Crippen molar-refractivity contribution in [2.24, 2.45) is 10.8 Å². The lowest BCUT2D eigenvalue weighted by Crippen LogP contribution is -2.36. The number of ether oxygens (including phenoxy) is 1. The number of allylic oxidation sites excluding steroid dienone is 2. The van der Waals surface area contributed by atoms with Crippen molar-refractivity contribution in [1.29, 1.82) is 0 Å². The van der Waals surface area contributed by atoms with Crippen LogP contribution in [-0.4, -0.2) is 18.9 Å². The predicted octanol–water partition coefficient (Wildman–Crippen LogP) is 4.05. The molecule has 22 heavy (non-hydrogen) atoms. The molecule has 1 aromatic carbocycles. The lowest BCUT2D eigenvalue weighted by atomic mass is 9.75. The Kier molecular flexibility index (Phi) is 3.44. The molecule has 0 amide bonds. The molecule has 0 aromatic heterocycles. The van der Waals surface area contributed by atoms with Gasteiger partial charge in [0.05, 0.1) is 7.11 Å². The maximum absolute atomic E-state index is 12.4. The molecule has 1 aromatic rings. The van der Waals surface area contributed by atoms with Gasteiger partial charge in [-0.25, -0.2) is 0 Å². The quantitative estimate of drug-likeness (QED) is 0.610. The highest BCUT2D eigenvalue weighted by Crippen LogP contribution is 2.64. The molecule has 2 bridgehead atoms. The summed E-state index contributed by atoms with van der Waals surface area (Å²) in [5.74, 6) is -0.375. The maximum atomic E-state index is 12.4. The Hall–Kier alpha value is -1.61. The number of esters is 1. The van der Waals surface area contributed by atoms with E-state index < -0.39 is 11.4 Å². The lowest BCUT2D eigenvalue weighted by Gasteiger charge is -2.28. The molecule has 2 aliphatic rings. The maximum Gasteiger partial charge on any atom is 0.319 e. The first kappa shape index (κ1) is 15.3. The summed E-state index contributed by atoms with van der Waals surface area (Å²) in [6.07, 6.45) is 1.43. The monoisotopic (exact) mass is 318 g/mol. The number of carbonyl (C=O) groups excluding carboxylic acids is 2. The van der Waals surface area contributed by atoms with E-state index in [0.717, 1.165) is 11.1 Å². The van der Waals surface area contributed by atoms with Gasteiger partial charge < -0.3 is 4.74 Å². The van der Waals surface area contributed by atoms with Gasteiger partial charge in [0.25, 0.3) is 0 Å². The molecule has 2 atom stereocenters. The average Bonchev–Trinajstić information content (AvgIpc) is 2.93. The van der Waals surface area contributed by atoms with Crippen LogP contribution in [0.3, 0.4) is 0 Å². The van der Waals surface area contributed by atoms with Gasteiger partial charge in [-0.3, -0.25) is 9.59 Å². The van der Waals surface area contributed by atoms with Crippen molar-refractivity contribution < 1.29 is 14.3 Å². The van der Waals surface area contributed by atoms with Crippen molar-refractivity contribution in [3.05, 3.63) is 40.4 Å². The number of methoxy groups -OCH3 is 1. The molecular weight excluding hydrogens is 300 g/mol.